The largest absolute Gasteiger partial charge is 0.465 e. The second kappa shape index (κ2) is 8.15. The Morgan fingerprint density at radius 2 is 2.20 bits per heavy atom. The van der Waals surface area contributed by atoms with Gasteiger partial charge in [-0.15, -0.1) is 0 Å². The number of anilines is 1. The van der Waals surface area contributed by atoms with Gasteiger partial charge in [-0.3, -0.25) is 14.5 Å². The normalized spacial score (nSPS) is 15.9. The molecule has 5 nitrogen and oxygen atoms in total. The third-order valence-corrected chi connectivity index (χ3v) is 5.41. The van der Waals surface area contributed by atoms with Crippen LogP contribution in [0.2, 0.25) is 0 Å². The molecule has 3 rings (SSSR count). The number of amides is 2. The molecule has 0 spiro atoms. The van der Waals surface area contributed by atoms with Crippen LogP contribution in [0.25, 0.3) is 6.08 Å². The van der Waals surface area contributed by atoms with E-state index in [1.54, 1.807) is 24.5 Å². The van der Waals surface area contributed by atoms with E-state index in [1.165, 1.54) is 16.7 Å². The van der Waals surface area contributed by atoms with Gasteiger partial charge in [0.2, 0.25) is 5.91 Å². The summed E-state index contributed by atoms with van der Waals surface area (Å²) >= 11 is 8.65. The van der Waals surface area contributed by atoms with Gasteiger partial charge in [-0.1, -0.05) is 30.0 Å². The van der Waals surface area contributed by atoms with E-state index in [-0.39, 0.29) is 24.8 Å². The molecule has 0 unspecified atom stereocenters. The summed E-state index contributed by atoms with van der Waals surface area (Å²) in [5.41, 5.74) is 0.736. The van der Waals surface area contributed by atoms with Gasteiger partial charge in [-0.05, 0) is 52.9 Å². The summed E-state index contributed by atoms with van der Waals surface area (Å²) < 4.78 is 6.71. The van der Waals surface area contributed by atoms with Crippen molar-refractivity contribution in [3.05, 3.63) is 56.9 Å². The second-order valence-electron chi connectivity index (χ2n) is 5.16. The molecule has 0 atom stereocenters. The first kappa shape index (κ1) is 18.2. The van der Waals surface area contributed by atoms with Gasteiger partial charge < -0.3 is 9.73 Å². The molecule has 0 radical (unpaired) electrons. The van der Waals surface area contributed by atoms with Crippen LogP contribution in [0, 0.1) is 3.57 Å². The molecular formula is C17H13IN2O3S2. The van der Waals surface area contributed by atoms with Crippen LogP contribution in [0.15, 0.2) is 52.0 Å². The lowest BCUT2D eigenvalue weighted by Gasteiger charge is -2.14. The highest BCUT2D eigenvalue weighted by Gasteiger charge is 2.32. The number of nitrogens with zero attached hydrogens (tertiary/aromatic N) is 1. The highest BCUT2D eigenvalue weighted by Crippen LogP contribution is 2.32. The lowest BCUT2D eigenvalue weighted by atomic mass is 10.3. The van der Waals surface area contributed by atoms with Crippen molar-refractivity contribution in [3.8, 4) is 0 Å². The predicted octanol–water partition coefficient (Wildman–Crippen LogP) is 4.11. The fraction of sp³-hybridized carbons (Fsp3) is 0.118. The van der Waals surface area contributed by atoms with Crippen LogP contribution in [0.1, 0.15) is 12.2 Å². The summed E-state index contributed by atoms with van der Waals surface area (Å²) in [5, 5.41) is 2.82. The van der Waals surface area contributed by atoms with Crippen molar-refractivity contribution in [2.24, 2.45) is 0 Å². The zero-order valence-electron chi connectivity index (χ0n) is 12.9. The maximum atomic E-state index is 12.4. The number of thiocarbonyl (C=S) groups is 1. The van der Waals surface area contributed by atoms with E-state index in [0.29, 0.717) is 15.0 Å². The van der Waals surface area contributed by atoms with E-state index >= 15 is 0 Å². The number of hydrogen-bond donors (Lipinski definition) is 1. The lowest BCUT2D eigenvalue weighted by molar-refractivity contribution is -0.122. The van der Waals surface area contributed by atoms with Gasteiger partial charge in [-0.2, -0.15) is 0 Å². The maximum absolute atomic E-state index is 12.4. The molecule has 25 heavy (non-hydrogen) atoms. The summed E-state index contributed by atoms with van der Waals surface area (Å²) in [7, 11) is 0. The van der Waals surface area contributed by atoms with Gasteiger partial charge in [0.05, 0.1) is 11.2 Å². The summed E-state index contributed by atoms with van der Waals surface area (Å²) in [6.07, 6.45) is 3.37. The van der Waals surface area contributed by atoms with Gasteiger partial charge in [-0.25, -0.2) is 0 Å². The fourth-order valence-electron chi connectivity index (χ4n) is 2.20. The smallest absolute Gasteiger partial charge is 0.266 e. The fourth-order valence-corrected chi connectivity index (χ4v) is 4.03. The molecule has 1 N–H and O–H groups in total. The second-order valence-corrected chi connectivity index (χ2v) is 8.08. The molecule has 128 valence electrons. The molecule has 2 heterocycles. The average molecular weight is 484 g/mol. The minimum atomic E-state index is -0.201. The van der Waals surface area contributed by atoms with E-state index in [2.05, 4.69) is 27.9 Å². The molecule has 2 aromatic rings. The number of carbonyl (C=O) groups is 2. The minimum absolute atomic E-state index is 0.161. The Bertz CT molecular complexity index is 849. The molecular weight excluding hydrogens is 471 g/mol. The van der Waals surface area contributed by atoms with E-state index in [4.69, 9.17) is 16.6 Å². The van der Waals surface area contributed by atoms with Crippen LogP contribution < -0.4 is 5.32 Å². The molecule has 1 aromatic heterocycles. The van der Waals surface area contributed by atoms with Crippen molar-refractivity contribution in [1.29, 1.82) is 0 Å². The molecule has 0 aliphatic carbocycles. The minimum Gasteiger partial charge on any atom is -0.465 e. The topological polar surface area (TPSA) is 62.6 Å². The maximum Gasteiger partial charge on any atom is 0.266 e. The number of furan rings is 1. The Morgan fingerprint density at radius 1 is 1.36 bits per heavy atom. The van der Waals surface area contributed by atoms with Gasteiger partial charge in [0.1, 0.15) is 10.1 Å². The van der Waals surface area contributed by atoms with Crippen molar-refractivity contribution in [1.82, 2.24) is 4.90 Å². The van der Waals surface area contributed by atoms with Crippen molar-refractivity contribution < 1.29 is 14.0 Å². The number of halogens is 1. The van der Waals surface area contributed by atoms with E-state index in [9.17, 15) is 9.59 Å². The van der Waals surface area contributed by atoms with Crippen LogP contribution in [-0.2, 0) is 9.59 Å². The van der Waals surface area contributed by atoms with Crippen molar-refractivity contribution >= 4 is 74.5 Å². The molecule has 1 aliphatic rings. The van der Waals surface area contributed by atoms with E-state index in [1.807, 2.05) is 24.3 Å². The number of hydrogen-bond acceptors (Lipinski definition) is 5. The summed E-state index contributed by atoms with van der Waals surface area (Å²) in [5.74, 6) is 0.233. The first-order valence-corrected chi connectivity index (χ1v) is 9.67. The number of rotatable bonds is 5. The molecule has 1 aliphatic heterocycles. The Morgan fingerprint density at radius 3 is 2.92 bits per heavy atom. The van der Waals surface area contributed by atoms with E-state index < -0.39 is 0 Å². The quantitative estimate of drug-likeness (QED) is 0.393. The predicted molar refractivity (Wildman–Crippen MR) is 111 cm³/mol. The summed E-state index contributed by atoms with van der Waals surface area (Å²) in [6, 6.07) is 11.0. The Balaban J connectivity index is 1.58. The summed E-state index contributed by atoms with van der Waals surface area (Å²) in [6.45, 7) is 0.246. The van der Waals surface area contributed by atoms with Crippen molar-refractivity contribution in [2.75, 3.05) is 11.9 Å². The third kappa shape index (κ3) is 4.71. The highest BCUT2D eigenvalue weighted by atomic mass is 127. The van der Waals surface area contributed by atoms with Crippen molar-refractivity contribution in [3.63, 3.8) is 0 Å². The molecule has 1 fully saturated rings. The molecule has 8 heteroatoms. The standard InChI is InChI=1S/C17H13IN2O3S2/c18-11-3-1-4-12(9-11)19-15(21)6-7-20-16(22)14(25-17(20)24)10-13-5-2-8-23-13/h1-5,8-10H,6-7H2,(H,19,21)/b14-10+. The summed E-state index contributed by atoms with van der Waals surface area (Å²) in [4.78, 5) is 26.5. The lowest BCUT2D eigenvalue weighted by Crippen LogP contribution is -2.31. The number of nitrogens with one attached hydrogen (secondary N) is 1. The van der Waals surface area contributed by atoms with Gasteiger partial charge in [0, 0.05) is 28.3 Å². The SMILES string of the molecule is O=C(CCN1C(=O)/C(=C\c2ccco2)SC1=S)Nc1cccc(I)c1. The van der Waals surface area contributed by atoms with Gasteiger partial charge in [0.15, 0.2) is 0 Å². The molecule has 0 bridgehead atoms. The zero-order valence-corrected chi connectivity index (χ0v) is 16.7. The first-order chi connectivity index (χ1) is 12.0. The monoisotopic (exact) mass is 484 g/mol. The Hall–Kier alpha value is -1.65. The molecule has 1 saturated heterocycles. The van der Waals surface area contributed by atoms with Crippen LogP contribution in [0.4, 0.5) is 5.69 Å². The van der Waals surface area contributed by atoms with Crippen LogP contribution >= 0.6 is 46.6 Å². The Kier molecular flexibility index (Phi) is 5.92. The molecule has 2 amide bonds. The van der Waals surface area contributed by atoms with Crippen LogP contribution in [0.5, 0.6) is 0 Å². The number of benzene rings is 1. The van der Waals surface area contributed by atoms with E-state index in [0.717, 1.165) is 9.26 Å². The van der Waals surface area contributed by atoms with Crippen molar-refractivity contribution in [2.45, 2.75) is 6.42 Å². The number of thioether (sulfide) groups is 1. The van der Waals surface area contributed by atoms with Gasteiger partial charge in [0.25, 0.3) is 5.91 Å². The first-order valence-electron chi connectivity index (χ1n) is 7.37. The highest BCUT2D eigenvalue weighted by molar-refractivity contribution is 14.1. The number of carbonyl (C=O) groups excluding carboxylic acids is 2. The van der Waals surface area contributed by atoms with Crippen LogP contribution in [-0.4, -0.2) is 27.6 Å². The van der Waals surface area contributed by atoms with Crippen LogP contribution in [0.3, 0.4) is 0 Å². The molecule has 1 aromatic carbocycles. The Labute approximate surface area is 168 Å². The third-order valence-electron chi connectivity index (χ3n) is 3.36. The zero-order chi connectivity index (χ0) is 17.8. The molecule has 0 saturated carbocycles. The average Bonchev–Trinajstić information content (AvgIpc) is 3.15. The van der Waals surface area contributed by atoms with Gasteiger partial charge >= 0.3 is 0 Å².